The van der Waals surface area contributed by atoms with E-state index in [1.807, 2.05) is 100 Å². The van der Waals surface area contributed by atoms with E-state index < -0.39 is 5.60 Å². The first-order valence-electron chi connectivity index (χ1n) is 22.1. The molecule has 2 saturated carbocycles. The van der Waals surface area contributed by atoms with Gasteiger partial charge in [0, 0.05) is 93.4 Å². The van der Waals surface area contributed by atoms with Crippen molar-refractivity contribution >= 4 is 84.0 Å². The first kappa shape index (κ1) is 42.7. The number of benzene rings is 4. The molecule has 4 N–H and O–H groups in total. The number of hydrogen-bond acceptors (Lipinski definition) is 9. The lowest BCUT2D eigenvalue weighted by atomic mass is 9.84. The fourth-order valence-electron chi connectivity index (χ4n) is 9.11. The summed E-state index contributed by atoms with van der Waals surface area (Å²) in [5, 5.41) is 14.7. The van der Waals surface area contributed by atoms with E-state index in [2.05, 4.69) is 44.9 Å². The van der Waals surface area contributed by atoms with Crippen molar-refractivity contribution in [3.05, 3.63) is 120 Å². The van der Waals surface area contributed by atoms with Crippen LogP contribution in [0.2, 0.25) is 10.0 Å². The minimum Gasteiger partial charge on any atom is -0.460 e. The fraction of sp³-hybridized carbons (Fsp3) is 0.327. The van der Waals surface area contributed by atoms with Crippen LogP contribution in [0.1, 0.15) is 78.6 Å². The number of halogens is 2. The molecule has 0 saturated heterocycles. The number of carbonyl (C=O) groups excluding carboxylic acids is 1. The molecule has 0 atom stereocenters. The van der Waals surface area contributed by atoms with Crippen LogP contribution in [0.3, 0.4) is 0 Å². The third-order valence-electron chi connectivity index (χ3n) is 12.3. The Balaban J connectivity index is 0.000000164. The predicted molar refractivity (Wildman–Crippen MR) is 258 cm³/mol. The molecule has 4 aromatic carbocycles. The standard InChI is InChI=1S/C29H31ClN2O3.C23H22ClN3O/c1-29(2,3)35-28(33)12-18-8-10-20(11-9-18)32-21-14-22-23(25(30)15-21)16-31-17-24(22)27-13-19-6-4-5-7-26(19)34-27;24-21-11-17(27-16-7-5-15(25)6-8-16)10-18-19(21)12-26-13-20(18)23-9-14-3-1-2-4-22(14)28-23/h4-7,13-18,20,32H,8-12H2,1-3H3;1-4,9-13,15-16,27H,5-8,25H2. The van der Waals surface area contributed by atoms with E-state index >= 15 is 0 Å². The van der Waals surface area contributed by atoms with Crippen LogP contribution in [0.15, 0.2) is 119 Å². The minimum atomic E-state index is -0.429. The Morgan fingerprint density at radius 2 is 1.11 bits per heavy atom. The second kappa shape index (κ2) is 18.2. The topological polar surface area (TPSA) is 128 Å². The zero-order valence-electron chi connectivity index (χ0n) is 35.9. The van der Waals surface area contributed by atoms with Crippen molar-refractivity contribution in [2.75, 3.05) is 10.6 Å². The maximum Gasteiger partial charge on any atom is 0.306 e. The molecule has 4 aromatic heterocycles. The van der Waals surface area contributed by atoms with Crippen LogP contribution >= 0.6 is 23.2 Å². The first-order chi connectivity index (χ1) is 30.4. The molecule has 0 unspecified atom stereocenters. The van der Waals surface area contributed by atoms with E-state index in [0.29, 0.717) is 40.5 Å². The van der Waals surface area contributed by atoms with E-state index in [1.165, 1.54) is 0 Å². The van der Waals surface area contributed by atoms with Crippen LogP contribution in [-0.2, 0) is 9.53 Å². The largest absolute Gasteiger partial charge is 0.460 e. The lowest BCUT2D eigenvalue weighted by Crippen LogP contribution is -2.32. The van der Waals surface area contributed by atoms with Crippen LogP contribution in [-0.4, -0.2) is 39.7 Å². The van der Waals surface area contributed by atoms with Crippen LogP contribution in [0, 0.1) is 5.92 Å². The summed E-state index contributed by atoms with van der Waals surface area (Å²) in [6.07, 6.45) is 16.1. The number of nitrogens with zero attached hydrogens (tertiary/aromatic N) is 2. The molecular weight excluding hydrogens is 830 g/mol. The Hall–Kier alpha value is -5.61. The van der Waals surface area contributed by atoms with Gasteiger partial charge in [-0.1, -0.05) is 59.6 Å². The van der Waals surface area contributed by atoms with Gasteiger partial charge in [0.15, 0.2) is 0 Å². The summed E-state index contributed by atoms with van der Waals surface area (Å²) in [4.78, 5) is 21.0. The van der Waals surface area contributed by atoms with Crippen molar-refractivity contribution < 1.29 is 18.4 Å². The lowest BCUT2D eigenvalue weighted by Gasteiger charge is -2.30. The van der Waals surface area contributed by atoms with Crippen molar-refractivity contribution in [1.82, 2.24) is 9.97 Å². The van der Waals surface area contributed by atoms with Gasteiger partial charge in [0.2, 0.25) is 0 Å². The summed E-state index contributed by atoms with van der Waals surface area (Å²) in [7, 11) is 0. The highest BCUT2D eigenvalue weighted by Crippen LogP contribution is 2.39. The summed E-state index contributed by atoms with van der Waals surface area (Å²) >= 11 is 13.3. The number of nitrogens with one attached hydrogen (secondary N) is 2. The highest BCUT2D eigenvalue weighted by atomic mass is 35.5. The van der Waals surface area contributed by atoms with Crippen LogP contribution < -0.4 is 16.4 Å². The molecule has 9 nitrogen and oxygen atoms in total. The average molecular weight is 883 g/mol. The monoisotopic (exact) mass is 881 g/mol. The van der Waals surface area contributed by atoms with Gasteiger partial charge in [-0.25, -0.2) is 0 Å². The molecule has 8 aromatic rings. The molecule has 0 aliphatic heterocycles. The first-order valence-corrected chi connectivity index (χ1v) is 22.8. The third kappa shape index (κ3) is 9.96. The molecule has 10 rings (SSSR count). The molecule has 0 spiro atoms. The van der Waals surface area contributed by atoms with E-state index in [9.17, 15) is 4.79 Å². The number of ether oxygens (including phenoxy) is 1. The summed E-state index contributed by atoms with van der Waals surface area (Å²) in [6.45, 7) is 5.74. The van der Waals surface area contributed by atoms with Crippen molar-refractivity contribution in [2.45, 2.75) is 102 Å². The van der Waals surface area contributed by atoms with E-state index in [4.69, 9.17) is 42.5 Å². The number of aromatic nitrogens is 2. The van der Waals surface area contributed by atoms with E-state index in [0.717, 1.165) is 129 Å². The van der Waals surface area contributed by atoms with Crippen LogP contribution in [0.25, 0.3) is 66.1 Å². The van der Waals surface area contributed by atoms with Gasteiger partial charge in [0.25, 0.3) is 0 Å². The highest BCUT2D eigenvalue weighted by Gasteiger charge is 2.26. The van der Waals surface area contributed by atoms with E-state index in [1.54, 1.807) is 6.20 Å². The Labute approximate surface area is 377 Å². The Morgan fingerprint density at radius 3 is 1.57 bits per heavy atom. The Bertz CT molecular complexity index is 2840. The summed E-state index contributed by atoms with van der Waals surface area (Å²) in [5.74, 6) is 1.87. The Morgan fingerprint density at radius 1 is 0.651 bits per heavy atom. The number of esters is 1. The SMILES string of the molecule is CC(C)(C)OC(=O)CC1CCC(Nc2cc(Cl)c3cncc(-c4cc5ccccc5o4)c3c2)CC1.NC1CCC(Nc2cc(Cl)c3cncc(-c4cc5ccccc5o4)c3c2)CC1. The Kier molecular flexibility index (Phi) is 12.4. The molecular formula is C52H53Cl2N5O4. The van der Waals surface area contributed by atoms with Gasteiger partial charge in [-0.15, -0.1) is 0 Å². The molecule has 63 heavy (non-hydrogen) atoms. The molecule has 4 heterocycles. The number of carbonyl (C=O) groups is 1. The predicted octanol–water partition coefficient (Wildman–Crippen LogP) is 14.0. The maximum atomic E-state index is 12.2. The van der Waals surface area contributed by atoms with Crippen LogP contribution in [0.4, 0.5) is 11.4 Å². The lowest BCUT2D eigenvalue weighted by molar-refractivity contribution is -0.156. The molecule has 324 valence electrons. The fourth-order valence-corrected chi connectivity index (χ4v) is 9.65. The second-order valence-corrected chi connectivity index (χ2v) is 19.0. The number of rotatable bonds is 8. The molecule has 2 aliphatic carbocycles. The van der Waals surface area contributed by atoms with Gasteiger partial charge in [-0.05, 0) is 137 Å². The summed E-state index contributed by atoms with van der Waals surface area (Å²) in [6, 6.07) is 29.5. The normalized spacial score (nSPS) is 19.2. The van der Waals surface area contributed by atoms with E-state index in [-0.39, 0.29) is 5.97 Å². The number of hydrogen-bond donors (Lipinski definition) is 3. The second-order valence-electron chi connectivity index (χ2n) is 18.2. The number of fused-ring (bicyclic) bond motifs is 4. The molecule has 0 bridgehead atoms. The van der Waals surface area contributed by atoms with Gasteiger partial charge in [-0.2, -0.15) is 0 Å². The number of anilines is 2. The van der Waals surface area contributed by atoms with Gasteiger partial charge >= 0.3 is 5.97 Å². The van der Waals surface area contributed by atoms with Crippen molar-refractivity contribution in [1.29, 1.82) is 0 Å². The molecule has 2 fully saturated rings. The minimum absolute atomic E-state index is 0.0954. The highest BCUT2D eigenvalue weighted by molar-refractivity contribution is 6.36. The van der Waals surface area contributed by atoms with Gasteiger partial charge in [0.1, 0.15) is 28.3 Å². The van der Waals surface area contributed by atoms with Crippen molar-refractivity contribution in [2.24, 2.45) is 11.7 Å². The molecule has 0 radical (unpaired) electrons. The number of furan rings is 2. The average Bonchev–Trinajstić information content (AvgIpc) is 3.90. The van der Waals surface area contributed by atoms with Gasteiger partial charge < -0.3 is 29.9 Å². The number of nitrogens with two attached hydrogens (primary N) is 1. The van der Waals surface area contributed by atoms with Gasteiger partial charge in [-0.3, -0.25) is 14.8 Å². The van der Waals surface area contributed by atoms with Crippen LogP contribution in [0.5, 0.6) is 0 Å². The molecule has 2 aliphatic rings. The number of para-hydroxylation sites is 2. The summed E-state index contributed by atoms with van der Waals surface area (Å²) in [5.41, 5.74) is 11.2. The quantitative estimate of drug-likeness (QED) is 0.128. The molecule has 0 amide bonds. The maximum absolute atomic E-state index is 12.2. The van der Waals surface area contributed by atoms with Gasteiger partial charge in [0.05, 0.1) is 10.0 Å². The molecule has 11 heteroatoms. The third-order valence-corrected chi connectivity index (χ3v) is 12.9. The summed E-state index contributed by atoms with van der Waals surface area (Å²) < 4.78 is 17.7. The van der Waals surface area contributed by atoms with Crippen molar-refractivity contribution in [3.8, 4) is 22.6 Å². The smallest absolute Gasteiger partial charge is 0.306 e. The zero-order valence-corrected chi connectivity index (χ0v) is 37.4. The van der Waals surface area contributed by atoms with Crippen molar-refractivity contribution in [3.63, 3.8) is 0 Å². The number of pyridine rings is 2. The zero-order chi connectivity index (χ0) is 43.7.